The molecular weight excluding hydrogens is 468 g/mol. The highest BCUT2D eigenvalue weighted by atomic mass is 127. The van der Waals surface area contributed by atoms with Crippen LogP contribution in [0.5, 0.6) is 5.75 Å². The third kappa shape index (κ3) is 6.17. The number of hydrogen-bond donors (Lipinski definition) is 2. The molecule has 0 aliphatic carbocycles. The molecule has 0 radical (unpaired) electrons. The number of Topliss-reactive ketones (excluding diaryl/α,β-unsaturated/α-hetero) is 1. The number of esters is 1. The molecule has 0 fully saturated rings. The summed E-state index contributed by atoms with van der Waals surface area (Å²) < 4.78 is 24.9. The molecule has 150 valence electrons. The summed E-state index contributed by atoms with van der Waals surface area (Å²) in [6, 6.07) is 1.99. The van der Waals surface area contributed by atoms with E-state index in [-0.39, 0.29) is 35.5 Å². The zero-order chi connectivity index (χ0) is 20.8. The standard InChI is InChI=1S/C19H25FINO5/c1-6-27-18(25)12(9-22-16(10-23)19(2,3)4)17(24)11-7-14(21)15(26-5)8-13(11)20/h7-9,16,22-23H,6,10H2,1-5H3/t16-/m1/s1. The molecule has 0 spiro atoms. The van der Waals surface area contributed by atoms with Crippen molar-refractivity contribution in [2.24, 2.45) is 5.41 Å². The fourth-order valence-corrected chi connectivity index (χ4v) is 2.88. The van der Waals surface area contributed by atoms with Gasteiger partial charge in [0.1, 0.15) is 17.1 Å². The quantitative estimate of drug-likeness (QED) is 0.145. The molecule has 0 aliphatic rings. The largest absolute Gasteiger partial charge is 0.496 e. The van der Waals surface area contributed by atoms with Crippen molar-refractivity contribution in [2.45, 2.75) is 33.7 Å². The molecule has 0 aliphatic heterocycles. The minimum Gasteiger partial charge on any atom is -0.496 e. The van der Waals surface area contributed by atoms with Gasteiger partial charge in [-0.2, -0.15) is 0 Å². The van der Waals surface area contributed by atoms with Crippen molar-refractivity contribution in [1.82, 2.24) is 5.32 Å². The Hall–Kier alpha value is -1.68. The summed E-state index contributed by atoms with van der Waals surface area (Å²) in [6.07, 6.45) is 1.18. The Morgan fingerprint density at radius 2 is 2.00 bits per heavy atom. The zero-order valence-corrected chi connectivity index (χ0v) is 18.2. The van der Waals surface area contributed by atoms with Gasteiger partial charge in [0, 0.05) is 12.3 Å². The van der Waals surface area contributed by atoms with E-state index in [0.29, 0.717) is 3.57 Å². The summed E-state index contributed by atoms with van der Waals surface area (Å²) in [5, 5.41) is 12.4. The molecular formula is C19H25FINO5. The van der Waals surface area contributed by atoms with Crippen LogP contribution in [-0.2, 0) is 9.53 Å². The predicted octanol–water partition coefficient (Wildman–Crippen LogP) is 3.07. The fourth-order valence-electron chi connectivity index (χ4n) is 2.19. The average molecular weight is 493 g/mol. The number of ether oxygens (including phenoxy) is 2. The maximum Gasteiger partial charge on any atom is 0.343 e. The van der Waals surface area contributed by atoms with E-state index >= 15 is 0 Å². The summed E-state index contributed by atoms with van der Waals surface area (Å²) in [6.45, 7) is 7.15. The van der Waals surface area contributed by atoms with Gasteiger partial charge in [0.15, 0.2) is 0 Å². The highest BCUT2D eigenvalue weighted by Gasteiger charge is 2.27. The van der Waals surface area contributed by atoms with Crippen LogP contribution in [0.15, 0.2) is 23.9 Å². The molecule has 0 amide bonds. The Kier molecular flexibility index (Phi) is 8.67. The van der Waals surface area contributed by atoms with Gasteiger partial charge in [0.05, 0.1) is 35.5 Å². The van der Waals surface area contributed by atoms with E-state index < -0.39 is 23.6 Å². The number of aliphatic hydroxyl groups is 1. The van der Waals surface area contributed by atoms with Gasteiger partial charge in [-0.25, -0.2) is 9.18 Å². The van der Waals surface area contributed by atoms with Crippen LogP contribution in [0.3, 0.4) is 0 Å². The number of hydrogen-bond acceptors (Lipinski definition) is 6. The smallest absolute Gasteiger partial charge is 0.343 e. The first-order valence-corrected chi connectivity index (χ1v) is 9.46. The second kappa shape index (κ2) is 10.0. The molecule has 1 aromatic carbocycles. The number of aliphatic hydroxyl groups excluding tert-OH is 1. The number of benzene rings is 1. The van der Waals surface area contributed by atoms with Gasteiger partial charge in [0.25, 0.3) is 0 Å². The number of ketones is 1. The Morgan fingerprint density at radius 3 is 2.48 bits per heavy atom. The van der Waals surface area contributed by atoms with Crippen LogP contribution < -0.4 is 10.1 Å². The van der Waals surface area contributed by atoms with E-state index in [1.165, 1.54) is 19.4 Å². The van der Waals surface area contributed by atoms with Gasteiger partial charge in [-0.15, -0.1) is 0 Å². The molecule has 0 aromatic heterocycles. The number of nitrogens with one attached hydrogen (secondary N) is 1. The molecule has 0 saturated carbocycles. The lowest BCUT2D eigenvalue weighted by molar-refractivity contribution is -0.138. The van der Waals surface area contributed by atoms with Crippen molar-refractivity contribution in [2.75, 3.05) is 20.3 Å². The predicted molar refractivity (Wildman–Crippen MR) is 108 cm³/mol. The molecule has 1 aromatic rings. The number of halogens is 2. The van der Waals surface area contributed by atoms with Crippen molar-refractivity contribution < 1.29 is 28.6 Å². The van der Waals surface area contributed by atoms with Crippen molar-refractivity contribution in [3.8, 4) is 5.75 Å². The zero-order valence-electron chi connectivity index (χ0n) is 16.1. The molecule has 0 bridgehead atoms. The fraction of sp³-hybridized carbons (Fsp3) is 0.474. The molecule has 0 heterocycles. The van der Waals surface area contributed by atoms with Crippen molar-refractivity contribution in [1.29, 1.82) is 0 Å². The SMILES string of the molecule is CCOC(=O)C(=CN[C@H](CO)C(C)(C)C)C(=O)c1cc(I)c(OC)cc1F. The summed E-state index contributed by atoms with van der Waals surface area (Å²) >= 11 is 1.91. The lowest BCUT2D eigenvalue weighted by Gasteiger charge is -2.29. The van der Waals surface area contributed by atoms with E-state index in [4.69, 9.17) is 9.47 Å². The highest BCUT2D eigenvalue weighted by molar-refractivity contribution is 14.1. The van der Waals surface area contributed by atoms with Crippen LogP contribution in [0, 0.1) is 14.8 Å². The second-order valence-electron chi connectivity index (χ2n) is 6.84. The van der Waals surface area contributed by atoms with Crippen molar-refractivity contribution in [3.63, 3.8) is 0 Å². The van der Waals surface area contributed by atoms with Gasteiger partial charge in [-0.1, -0.05) is 20.8 Å². The van der Waals surface area contributed by atoms with Gasteiger partial charge >= 0.3 is 5.97 Å². The Morgan fingerprint density at radius 1 is 1.37 bits per heavy atom. The van der Waals surface area contributed by atoms with E-state index in [1.54, 1.807) is 6.92 Å². The normalized spacial score (nSPS) is 13.1. The molecule has 1 rings (SSSR count). The minimum atomic E-state index is -0.870. The average Bonchev–Trinajstić information content (AvgIpc) is 2.58. The minimum absolute atomic E-state index is 0.0643. The number of carbonyl (C=O) groups excluding carboxylic acids is 2. The Bertz CT molecular complexity index is 728. The molecule has 2 N–H and O–H groups in total. The van der Waals surface area contributed by atoms with Crippen LogP contribution >= 0.6 is 22.6 Å². The summed E-state index contributed by atoms with van der Waals surface area (Å²) in [5.74, 6) is -2.20. The first-order chi connectivity index (χ1) is 12.6. The molecule has 0 unspecified atom stereocenters. The number of rotatable bonds is 8. The topological polar surface area (TPSA) is 84.9 Å². The highest BCUT2D eigenvalue weighted by Crippen LogP contribution is 2.26. The van der Waals surface area contributed by atoms with Crippen LogP contribution in [-0.4, -0.2) is 43.2 Å². The van der Waals surface area contributed by atoms with Crippen LogP contribution in [0.2, 0.25) is 0 Å². The Balaban J connectivity index is 3.32. The van der Waals surface area contributed by atoms with E-state index in [2.05, 4.69) is 5.32 Å². The van der Waals surface area contributed by atoms with Gasteiger partial charge in [-0.05, 0) is 41.0 Å². The molecule has 1 atom stereocenters. The van der Waals surface area contributed by atoms with Crippen LogP contribution in [0.25, 0.3) is 0 Å². The maximum absolute atomic E-state index is 14.4. The molecule has 8 heteroatoms. The summed E-state index contributed by atoms with van der Waals surface area (Å²) in [7, 11) is 1.40. The Labute approximate surface area is 172 Å². The third-order valence-electron chi connectivity index (χ3n) is 3.88. The van der Waals surface area contributed by atoms with E-state index in [0.717, 1.165) is 6.07 Å². The lowest BCUT2D eigenvalue weighted by atomic mass is 9.87. The van der Waals surface area contributed by atoms with Crippen LogP contribution in [0.4, 0.5) is 4.39 Å². The van der Waals surface area contributed by atoms with Crippen LogP contribution in [0.1, 0.15) is 38.1 Å². The van der Waals surface area contributed by atoms with E-state index in [1.807, 2.05) is 43.4 Å². The van der Waals surface area contributed by atoms with Gasteiger partial charge in [-0.3, -0.25) is 4.79 Å². The molecule has 6 nitrogen and oxygen atoms in total. The lowest BCUT2D eigenvalue weighted by Crippen LogP contribution is -2.41. The monoisotopic (exact) mass is 493 g/mol. The summed E-state index contributed by atoms with van der Waals surface area (Å²) in [5.41, 5.74) is -0.952. The maximum atomic E-state index is 14.4. The second-order valence-corrected chi connectivity index (χ2v) is 8.00. The van der Waals surface area contributed by atoms with E-state index in [9.17, 15) is 19.1 Å². The molecule has 0 saturated heterocycles. The van der Waals surface area contributed by atoms with Crippen molar-refractivity contribution in [3.05, 3.63) is 38.9 Å². The van der Waals surface area contributed by atoms with Crippen molar-refractivity contribution >= 4 is 34.3 Å². The van der Waals surface area contributed by atoms with Gasteiger partial charge < -0.3 is 19.9 Å². The first-order valence-electron chi connectivity index (χ1n) is 8.38. The van der Waals surface area contributed by atoms with Gasteiger partial charge in [0.2, 0.25) is 5.78 Å². The number of methoxy groups -OCH3 is 1. The number of carbonyl (C=O) groups is 2. The summed E-state index contributed by atoms with van der Waals surface area (Å²) in [4.78, 5) is 25.1. The third-order valence-corrected chi connectivity index (χ3v) is 4.73. The first kappa shape index (κ1) is 23.4. The molecule has 27 heavy (non-hydrogen) atoms.